The van der Waals surface area contributed by atoms with Crippen LogP contribution in [-0.2, 0) is 0 Å². The molecule has 42 valence electrons. The molecule has 0 aromatic carbocycles. The Morgan fingerprint density at radius 3 is 2.29 bits per heavy atom. The van der Waals surface area contributed by atoms with E-state index in [0.717, 1.165) is 11.2 Å². The maximum atomic E-state index is 2.33. The molecule has 0 aliphatic carbocycles. The number of rotatable bonds is 0. The lowest BCUT2D eigenvalue weighted by atomic mass is 10.1. The summed E-state index contributed by atoms with van der Waals surface area (Å²) < 4.78 is 0. The molecule has 1 unspecified atom stereocenters. The zero-order chi connectivity index (χ0) is 5.28. The van der Waals surface area contributed by atoms with Crippen molar-refractivity contribution in [3.63, 3.8) is 0 Å². The second kappa shape index (κ2) is 2.08. The fraction of sp³-hybridized carbons (Fsp3) is 1.00. The molecule has 0 amide bonds. The van der Waals surface area contributed by atoms with Gasteiger partial charge in [-0.05, 0) is 18.1 Å². The lowest BCUT2D eigenvalue weighted by molar-refractivity contribution is 0.626. The minimum Gasteiger partial charge on any atom is -0.159 e. The van der Waals surface area contributed by atoms with Gasteiger partial charge in [-0.15, -0.1) is 0 Å². The van der Waals surface area contributed by atoms with Gasteiger partial charge in [0, 0.05) is 5.25 Å². The van der Waals surface area contributed by atoms with E-state index < -0.39 is 0 Å². The summed E-state index contributed by atoms with van der Waals surface area (Å²) in [6, 6.07) is 0. The molecule has 1 heteroatoms. The third kappa shape index (κ3) is 1.37. The van der Waals surface area contributed by atoms with Crippen molar-refractivity contribution >= 4 is 11.8 Å². The molecule has 1 saturated heterocycles. The molecule has 0 N–H and O–H groups in total. The maximum Gasteiger partial charge on any atom is 0.00216 e. The lowest BCUT2D eigenvalue weighted by Gasteiger charge is -1.94. The minimum absolute atomic E-state index is 0.940. The molecule has 0 nitrogen and oxygen atoms in total. The van der Waals surface area contributed by atoms with Crippen LogP contribution in [0.4, 0.5) is 0 Å². The van der Waals surface area contributed by atoms with Crippen molar-refractivity contribution in [3.8, 4) is 0 Å². The Morgan fingerprint density at radius 2 is 2.14 bits per heavy atom. The summed E-state index contributed by atoms with van der Waals surface area (Å²) in [6.07, 6.45) is 1.44. The maximum absolute atomic E-state index is 2.33. The van der Waals surface area contributed by atoms with Crippen LogP contribution < -0.4 is 0 Å². The van der Waals surface area contributed by atoms with E-state index in [2.05, 4.69) is 25.6 Å². The smallest absolute Gasteiger partial charge is 0.00216 e. The van der Waals surface area contributed by atoms with Gasteiger partial charge in [0.2, 0.25) is 0 Å². The summed E-state index contributed by atoms with van der Waals surface area (Å²) in [5.41, 5.74) is 0. The fourth-order valence-electron chi connectivity index (χ4n) is 1.03. The van der Waals surface area contributed by atoms with Gasteiger partial charge in [0.1, 0.15) is 0 Å². The Bertz CT molecular complexity index is 53.2. The molecule has 1 fully saturated rings. The Kier molecular flexibility index (Phi) is 1.63. The first-order valence-electron chi connectivity index (χ1n) is 2.90. The van der Waals surface area contributed by atoms with E-state index in [0.29, 0.717) is 0 Å². The summed E-state index contributed by atoms with van der Waals surface area (Å²) >= 11 is 2.11. The number of thioether (sulfide) groups is 1. The second-order valence-corrected chi connectivity index (χ2v) is 3.96. The number of hydrogen-bond donors (Lipinski definition) is 0. The third-order valence-electron chi connectivity index (χ3n) is 1.40. The van der Waals surface area contributed by atoms with Crippen LogP contribution in [0.2, 0.25) is 0 Å². The predicted molar refractivity (Wildman–Crippen MR) is 35.7 cm³/mol. The Hall–Kier alpha value is 0.350. The van der Waals surface area contributed by atoms with Gasteiger partial charge in [0.15, 0.2) is 0 Å². The highest BCUT2D eigenvalue weighted by Crippen LogP contribution is 2.29. The third-order valence-corrected chi connectivity index (χ3v) is 2.92. The molecule has 0 bridgehead atoms. The molecule has 1 rings (SSSR count). The zero-order valence-corrected chi connectivity index (χ0v) is 5.79. The van der Waals surface area contributed by atoms with Crippen LogP contribution >= 0.6 is 11.8 Å². The standard InChI is InChI=1S/C6H12S/c1-5-3-6(2)7-4-5/h5-6H,3-4H2,1-2H3/t5?,6-/m1/s1. The second-order valence-electron chi connectivity index (χ2n) is 2.48. The molecule has 1 heterocycles. The van der Waals surface area contributed by atoms with Crippen molar-refractivity contribution in [1.82, 2.24) is 0 Å². The summed E-state index contributed by atoms with van der Waals surface area (Å²) in [5.74, 6) is 2.38. The van der Waals surface area contributed by atoms with Crippen molar-refractivity contribution in [2.75, 3.05) is 5.75 Å². The topological polar surface area (TPSA) is 0 Å². The molecule has 0 aromatic rings. The van der Waals surface area contributed by atoms with E-state index >= 15 is 0 Å². The van der Waals surface area contributed by atoms with Crippen LogP contribution in [0.25, 0.3) is 0 Å². The molecular formula is C6H12S. The first-order chi connectivity index (χ1) is 3.29. The predicted octanol–water partition coefficient (Wildman–Crippen LogP) is 2.15. The van der Waals surface area contributed by atoms with E-state index in [9.17, 15) is 0 Å². The van der Waals surface area contributed by atoms with Gasteiger partial charge in [-0.2, -0.15) is 11.8 Å². The molecule has 0 aromatic heterocycles. The molecule has 1 aliphatic heterocycles. The quantitative estimate of drug-likeness (QED) is 0.467. The van der Waals surface area contributed by atoms with Crippen molar-refractivity contribution in [3.05, 3.63) is 0 Å². The van der Waals surface area contributed by atoms with Crippen LogP contribution in [0.3, 0.4) is 0 Å². The van der Waals surface area contributed by atoms with Gasteiger partial charge >= 0.3 is 0 Å². The molecule has 0 spiro atoms. The zero-order valence-electron chi connectivity index (χ0n) is 4.98. The monoisotopic (exact) mass is 116 g/mol. The van der Waals surface area contributed by atoms with Crippen LogP contribution in [0.1, 0.15) is 20.3 Å². The highest BCUT2D eigenvalue weighted by molar-refractivity contribution is 8.00. The van der Waals surface area contributed by atoms with Gasteiger partial charge in [0.25, 0.3) is 0 Å². The Labute approximate surface area is 49.7 Å². The first-order valence-corrected chi connectivity index (χ1v) is 3.95. The van der Waals surface area contributed by atoms with Crippen molar-refractivity contribution in [2.24, 2.45) is 5.92 Å². The molecular weight excluding hydrogens is 104 g/mol. The van der Waals surface area contributed by atoms with Gasteiger partial charge in [-0.3, -0.25) is 0 Å². The van der Waals surface area contributed by atoms with Crippen LogP contribution in [0, 0.1) is 5.92 Å². The van der Waals surface area contributed by atoms with Crippen LogP contribution in [-0.4, -0.2) is 11.0 Å². The molecule has 0 saturated carbocycles. The summed E-state index contributed by atoms with van der Waals surface area (Å²) in [4.78, 5) is 0. The van der Waals surface area contributed by atoms with E-state index in [1.54, 1.807) is 0 Å². The van der Waals surface area contributed by atoms with E-state index in [-0.39, 0.29) is 0 Å². The van der Waals surface area contributed by atoms with Gasteiger partial charge in [0.05, 0.1) is 0 Å². The molecule has 1 aliphatic rings. The first kappa shape index (κ1) is 5.49. The van der Waals surface area contributed by atoms with Gasteiger partial charge < -0.3 is 0 Å². The summed E-state index contributed by atoms with van der Waals surface area (Å²) in [6.45, 7) is 4.64. The highest BCUT2D eigenvalue weighted by atomic mass is 32.2. The average molecular weight is 116 g/mol. The van der Waals surface area contributed by atoms with Gasteiger partial charge in [-0.1, -0.05) is 13.8 Å². The van der Waals surface area contributed by atoms with E-state index in [1.165, 1.54) is 12.2 Å². The highest BCUT2D eigenvalue weighted by Gasteiger charge is 2.16. The minimum atomic E-state index is 0.940. The largest absolute Gasteiger partial charge is 0.159 e. The lowest BCUT2D eigenvalue weighted by Crippen LogP contribution is -1.90. The number of hydrogen-bond acceptors (Lipinski definition) is 1. The Balaban J connectivity index is 2.26. The molecule has 2 atom stereocenters. The van der Waals surface area contributed by atoms with Crippen LogP contribution in [0.15, 0.2) is 0 Å². The van der Waals surface area contributed by atoms with E-state index in [4.69, 9.17) is 0 Å². The average Bonchev–Trinajstić information content (AvgIpc) is 1.87. The van der Waals surface area contributed by atoms with Crippen molar-refractivity contribution < 1.29 is 0 Å². The normalized spacial score (nSPS) is 42.0. The fourth-order valence-corrected chi connectivity index (χ4v) is 2.29. The Morgan fingerprint density at radius 1 is 1.43 bits per heavy atom. The van der Waals surface area contributed by atoms with E-state index in [1.807, 2.05) is 0 Å². The SMILES string of the molecule is CC1CS[C@H](C)C1. The molecule has 0 radical (unpaired) electrons. The van der Waals surface area contributed by atoms with Crippen molar-refractivity contribution in [2.45, 2.75) is 25.5 Å². The summed E-state index contributed by atoms with van der Waals surface area (Å²) in [7, 11) is 0. The van der Waals surface area contributed by atoms with Crippen molar-refractivity contribution in [1.29, 1.82) is 0 Å². The molecule has 7 heavy (non-hydrogen) atoms. The van der Waals surface area contributed by atoms with Crippen LogP contribution in [0.5, 0.6) is 0 Å². The van der Waals surface area contributed by atoms with Gasteiger partial charge in [-0.25, -0.2) is 0 Å². The summed E-state index contributed by atoms with van der Waals surface area (Å²) in [5, 5.41) is 0.940.